The lowest BCUT2D eigenvalue weighted by atomic mass is 10.1. The molecule has 0 spiro atoms. The summed E-state index contributed by atoms with van der Waals surface area (Å²) in [4.78, 5) is 27.6. The number of carbonyl (C=O) groups excluding carboxylic acids is 2. The maximum Gasteiger partial charge on any atom is 0.264 e. The average molecular weight is 558 g/mol. The number of rotatable bonds is 9. The zero-order chi connectivity index (χ0) is 25.6. The summed E-state index contributed by atoms with van der Waals surface area (Å²) >= 11 is 3.39. The molecule has 7 nitrogen and oxygen atoms in total. The van der Waals surface area contributed by atoms with Crippen LogP contribution in [0.3, 0.4) is 0 Å². The fourth-order valence-corrected chi connectivity index (χ4v) is 5.22. The Kier molecular flexibility index (Phi) is 8.69. The Morgan fingerprint density at radius 3 is 2.11 bits per heavy atom. The van der Waals surface area contributed by atoms with Crippen LogP contribution >= 0.6 is 15.9 Å². The fourth-order valence-electron chi connectivity index (χ4n) is 3.54. The van der Waals surface area contributed by atoms with E-state index in [4.69, 9.17) is 0 Å². The van der Waals surface area contributed by atoms with Crippen LogP contribution in [0.25, 0.3) is 0 Å². The second kappa shape index (κ2) is 11.5. The molecule has 1 atom stereocenters. The summed E-state index contributed by atoms with van der Waals surface area (Å²) in [5.41, 5.74) is 2.09. The molecule has 1 N–H and O–H groups in total. The third kappa shape index (κ3) is 6.49. The quantitative estimate of drug-likeness (QED) is 0.428. The summed E-state index contributed by atoms with van der Waals surface area (Å²) in [6.07, 6.45) is 0. The number of hydrogen-bond acceptors (Lipinski definition) is 4. The number of carbonyl (C=O) groups is 2. The minimum Gasteiger partial charge on any atom is -0.357 e. The molecule has 0 aliphatic heterocycles. The van der Waals surface area contributed by atoms with Gasteiger partial charge in [-0.3, -0.25) is 13.9 Å². The Morgan fingerprint density at radius 2 is 1.54 bits per heavy atom. The molecular weight excluding hydrogens is 530 g/mol. The van der Waals surface area contributed by atoms with E-state index in [2.05, 4.69) is 21.2 Å². The summed E-state index contributed by atoms with van der Waals surface area (Å²) in [5, 5.41) is 2.57. The number of sulfonamides is 1. The summed E-state index contributed by atoms with van der Waals surface area (Å²) in [6.45, 7) is 3.18. The van der Waals surface area contributed by atoms with Crippen molar-refractivity contribution in [3.05, 3.63) is 94.5 Å². The molecule has 0 aliphatic rings. The van der Waals surface area contributed by atoms with E-state index in [1.54, 1.807) is 49.4 Å². The molecule has 0 aromatic heterocycles. The van der Waals surface area contributed by atoms with E-state index in [-0.39, 0.29) is 17.3 Å². The zero-order valence-electron chi connectivity index (χ0n) is 19.8. The Morgan fingerprint density at radius 1 is 0.943 bits per heavy atom. The van der Waals surface area contributed by atoms with Crippen LogP contribution in [-0.4, -0.2) is 44.8 Å². The number of para-hydroxylation sites is 1. The third-order valence-electron chi connectivity index (χ3n) is 5.61. The standard InChI is InChI=1S/C26H28BrN3O4S/c1-19-9-15-24(16-10-19)35(33,34)30(23-7-5-4-6-8-23)18-25(31)29(20(2)26(32)28-3)17-21-11-13-22(27)14-12-21/h4-16,20H,17-18H2,1-3H3,(H,28,32). The van der Waals surface area contributed by atoms with E-state index in [1.807, 2.05) is 31.2 Å². The van der Waals surface area contributed by atoms with Crippen LogP contribution in [0.15, 0.2) is 88.2 Å². The van der Waals surface area contributed by atoms with Gasteiger partial charge in [0, 0.05) is 18.1 Å². The maximum atomic E-state index is 13.6. The van der Waals surface area contributed by atoms with Crippen LogP contribution in [0.1, 0.15) is 18.1 Å². The van der Waals surface area contributed by atoms with Crippen LogP contribution in [0.5, 0.6) is 0 Å². The molecule has 0 bridgehead atoms. The number of aryl methyl sites for hydroxylation is 1. The maximum absolute atomic E-state index is 13.6. The first-order chi connectivity index (χ1) is 16.6. The first-order valence-electron chi connectivity index (χ1n) is 11.0. The Bertz CT molecular complexity index is 1260. The summed E-state index contributed by atoms with van der Waals surface area (Å²) in [5.74, 6) is -0.841. The Hall–Kier alpha value is -3.17. The van der Waals surface area contributed by atoms with Gasteiger partial charge in [0.1, 0.15) is 12.6 Å². The molecule has 0 heterocycles. The minimum absolute atomic E-state index is 0.0820. The number of nitrogens with one attached hydrogen (secondary N) is 1. The van der Waals surface area contributed by atoms with Gasteiger partial charge in [-0.2, -0.15) is 0 Å². The molecule has 0 saturated carbocycles. The molecule has 9 heteroatoms. The van der Waals surface area contributed by atoms with Gasteiger partial charge in [0.15, 0.2) is 0 Å². The molecule has 3 aromatic carbocycles. The van der Waals surface area contributed by atoms with Gasteiger partial charge in [-0.1, -0.05) is 64.0 Å². The minimum atomic E-state index is -4.05. The van der Waals surface area contributed by atoms with Crippen LogP contribution in [0.2, 0.25) is 0 Å². The molecule has 184 valence electrons. The van der Waals surface area contributed by atoms with E-state index in [0.29, 0.717) is 5.69 Å². The van der Waals surface area contributed by atoms with Gasteiger partial charge in [-0.05, 0) is 55.8 Å². The van der Waals surface area contributed by atoms with Crippen LogP contribution in [0, 0.1) is 6.92 Å². The molecule has 2 amide bonds. The topological polar surface area (TPSA) is 86.8 Å². The van der Waals surface area contributed by atoms with E-state index in [0.717, 1.165) is 19.9 Å². The van der Waals surface area contributed by atoms with Crippen molar-refractivity contribution in [2.45, 2.75) is 31.3 Å². The highest BCUT2D eigenvalue weighted by molar-refractivity contribution is 9.10. The van der Waals surface area contributed by atoms with Gasteiger partial charge in [0.2, 0.25) is 11.8 Å². The summed E-state index contributed by atoms with van der Waals surface area (Å²) in [7, 11) is -2.55. The van der Waals surface area contributed by atoms with E-state index >= 15 is 0 Å². The molecule has 0 saturated heterocycles. The zero-order valence-corrected chi connectivity index (χ0v) is 22.2. The average Bonchev–Trinajstić information content (AvgIpc) is 2.86. The lowest BCUT2D eigenvalue weighted by Crippen LogP contribution is -2.50. The van der Waals surface area contributed by atoms with Crippen molar-refractivity contribution in [3.63, 3.8) is 0 Å². The molecule has 0 fully saturated rings. The van der Waals surface area contributed by atoms with E-state index in [1.165, 1.54) is 24.1 Å². The van der Waals surface area contributed by atoms with Crippen LogP contribution in [0.4, 0.5) is 5.69 Å². The van der Waals surface area contributed by atoms with Crippen molar-refractivity contribution >= 4 is 43.5 Å². The van der Waals surface area contributed by atoms with Gasteiger partial charge in [0.25, 0.3) is 10.0 Å². The number of halogens is 1. The summed E-state index contributed by atoms with van der Waals surface area (Å²) < 4.78 is 29.2. The highest BCUT2D eigenvalue weighted by atomic mass is 79.9. The van der Waals surface area contributed by atoms with Gasteiger partial charge in [0.05, 0.1) is 10.6 Å². The number of benzene rings is 3. The van der Waals surface area contributed by atoms with Crippen molar-refractivity contribution in [2.75, 3.05) is 17.9 Å². The predicted molar refractivity (Wildman–Crippen MR) is 140 cm³/mol. The van der Waals surface area contributed by atoms with Crippen molar-refractivity contribution in [2.24, 2.45) is 0 Å². The lowest BCUT2D eigenvalue weighted by molar-refractivity contribution is -0.139. The number of hydrogen-bond donors (Lipinski definition) is 1. The fraction of sp³-hybridized carbons (Fsp3) is 0.231. The largest absolute Gasteiger partial charge is 0.357 e. The van der Waals surface area contributed by atoms with Crippen LogP contribution in [-0.2, 0) is 26.2 Å². The summed E-state index contributed by atoms with van der Waals surface area (Å²) in [6, 6.07) is 21.5. The monoisotopic (exact) mass is 557 g/mol. The molecule has 3 rings (SSSR count). The second-order valence-electron chi connectivity index (χ2n) is 8.10. The number of likely N-dealkylation sites (N-methyl/N-ethyl adjacent to an activating group) is 1. The van der Waals surface area contributed by atoms with Crippen molar-refractivity contribution in [1.29, 1.82) is 0 Å². The molecule has 3 aromatic rings. The van der Waals surface area contributed by atoms with Gasteiger partial charge < -0.3 is 10.2 Å². The van der Waals surface area contributed by atoms with Crippen molar-refractivity contribution in [3.8, 4) is 0 Å². The molecule has 35 heavy (non-hydrogen) atoms. The van der Waals surface area contributed by atoms with Gasteiger partial charge in [-0.15, -0.1) is 0 Å². The smallest absolute Gasteiger partial charge is 0.264 e. The van der Waals surface area contributed by atoms with Crippen LogP contribution < -0.4 is 9.62 Å². The van der Waals surface area contributed by atoms with Gasteiger partial charge >= 0.3 is 0 Å². The van der Waals surface area contributed by atoms with E-state index < -0.39 is 28.5 Å². The number of amides is 2. The first kappa shape index (κ1) is 26.4. The number of nitrogens with zero attached hydrogens (tertiary/aromatic N) is 2. The highest BCUT2D eigenvalue weighted by Crippen LogP contribution is 2.24. The second-order valence-corrected chi connectivity index (χ2v) is 10.9. The lowest BCUT2D eigenvalue weighted by Gasteiger charge is -2.31. The number of anilines is 1. The van der Waals surface area contributed by atoms with Crippen molar-refractivity contribution < 1.29 is 18.0 Å². The van der Waals surface area contributed by atoms with E-state index in [9.17, 15) is 18.0 Å². The molecule has 1 unspecified atom stereocenters. The van der Waals surface area contributed by atoms with Gasteiger partial charge in [-0.25, -0.2) is 8.42 Å². The predicted octanol–water partition coefficient (Wildman–Crippen LogP) is 4.12. The normalized spacial score (nSPS) is 12.0. The first-order valence-corrected chi connectivity index (χ1v) is 13.3. The van der Waals surface area contributed by atoms with Crippen molar-refractivity contribution in [1.82, 2.24) is 10.2 Å². The molecular formula is C26H28BrN3O4S. The molecule has 0 radical (unpaired) electrons. The highest BCUT2D eigenvalue weighted by Gasteiger charge is 2.32. The SMILES string of the molecule is CNC(=O)C(C)N(Cc1ccc(Br)cc1)C(=O)CN(c1ccccc1)S(=O)(=O)c1ccc(C)cc1. The Balaban J connectivity index is 1.99. The third-order valence-corrected chi connectivity index (χ3v) is 7.93. The Labute approximate surface area is 214 Å². The molecule has 0 aliphatic carbocycles.